The Kier molecular flexibility index (Phi) is 5.29. The van der Waals surface area contributed by atoms with Crippen LogP contribution in [0.4, 0.5) is 0 Å². The monoisotopic (exact) mass is 291 g/mol. The number of rotatable bonds is 6. The van der Waals surface area contributed by atoms with Gasteiger partial charge in [-0.2, -0.15) is 0 Å². The van der Waals surface area contributed by atoms with Crippen molar-refractivity contribution in [1.82, 2.24) is 14.7 Å². The molecule has 0 aliphatic carbocycles. The van der Waals surface area contributed by atoms with E-state index in [-0.39, 0.29) is 5.91 Å². The molecule has 2 saturated heterocycles. The summed E-state index contributed by atoms with van der Waals surface area (Å²) < 4.78 is 0. The molecule has 21 heavy (non-hydrogen) atoms. The normalized spacial score (nSPS) is 20.6. The molecule has 2 fully saturated rings. The zero-order valence-electron chi connectivity index (χ0n) is 14.0. The van der Waals surface area contributed by atoms with Crippen molar-refractivity contribution < 1.29 is 4.79 Å². The third kappa shape index (κ3) is 3.99. The molecule has 0 bridgehead atoms. The van der Waals surface area contributed by atoms with E-state index in [1.807, 2.05) is 7.05 Å². The van der Waals surface area contributed by atoms with E-state index in [1.165, 1.54) is 26.2 Å². The number of carbonyl (C=O) groups is 1. The summed E-state index contributed by atoms with van der Waals surface area (Å²) >= 11 is 0. The zero-order chi connectivity index (χ0) is 15.5. The Hall–Kier alpha value is -1.05. The standard InChI is InChI=1S/C17H29N3O/c1-5-6-9-18(4)16(21)8-7-10-19-11-17(12-19)13-20(14-17)15(2)3/h15H,7-14H2,1-4H3. The molecule has 0 unspecified atom stereocenters. The highest BCUT2D eigenvalue weighted by atomic mass is 16.2. The van der Waals surface area contributed by atoms with Gasteiger partial charge in [0, 0.05) is 51.1 Å². The first kappa shape index (κ1) is 16.3. The lowest BCUT2D eigenvalue weighted by Crippen LogP contribution is -2.72. The minimum Gasteiger partial charge on any atom is -0.335 e. The lowest BCUT2D eigenvalue weighted by molar-refractivity contribution is -0.132. The van der Waals surface area contributed by atoms with E-state index in [4.69, 9.17) is 0 Å². The predicted octanol–water partition coefficient (Wildman–Crippen LogP) is 1.27. The van der Waals surface area contributed by atoms with Crippen molar-refractivity contribution in [2.45, 2.75) is 39.7 Å². The molecule has 2 rings (SSSR count). The molecule has 1 amide bonds. The summed E-state index contributed by atoms with van der Waals surface area (Å²) in [5.41, 5.74) is 0.585. The van der Waals surface area contributed by atoms with E-state index in [0.717, 1.165) is 13.0 Å². The quantitative estimate of drug-likeness (QED) is 0.690. The van der Waals surface area contributed by atoms with Gasteiger partial charge in [0.25, 0.3) is 0 Å². The van der Waals surface area contributed by atoms with Crippen LogP contribution < -0.4 is 0 Å². The van der Waals surface area contributed by atoms with Gasteiger partial charge in [-0.3, -0.25) is 9.69 Å². The third-order valence-corrected chi connectivity index (χ3v) is 4.71. The third-order valence-electron chi connectivity index (χ3n) is 4.71. The molecule has 118 valence electrons. The second-order valence-electron chi connectivity index (χ2n) is 6.99. The molecule has 0 atom stereocenters. The first-order chi connectivity index (χ1) is 9.96. The fraction of sp³-hybridized carbons (Fsp3) is 0.824. The number of carbonyl (C=O) groups excluding carboxylic acids is 1. The van der Waals surface area contributed by atoms with Crippen molar-refractivity contribution in [3.05, 3.63) is 0 Å². The number of nitrogens with zero attached hydrogens (tertiary/aromatic N) is 3. The number of hydrogen-bond acceptors (Lipinski definition) is 3. The van der Waals surface area contributed by atoms with Crippen LogP contribution in [0.2, 0.25) is 0 Å². The Morgan fingerprint density at radius 1 is 1.29 bits per heavy atom. The Bertz CT molecular complexity index is 421. The average Bonchev–Trinajstić information content (AvgIpc) is 2.35. The zero-order valence-corrected chi connectivity index (χ0v) is 14.0. The highest BCUT2D eigenvalue weighted by Crippen LogP contribution is 2.40. The van der Waals surface area contributed by atoms with E-state index < -0.39 is 0 Å². The summed E-state index contributed by atoms with van der Waals surface area (Å²) in [5, 5.41) is 0. The fourth-order valence-electron chi connectivity index (χ4n) is 3.37. The van der Waals surface area contributed by atoms with Gasteiger partial charge < -0.3 is 9.80 Å². The van der Waals surface area contributed by atoms with E-state index in [9.17, 15) is 4.79 Å². The number of likely N-dealkylation sites (tertiary alicyclic amines) is 2. The maximum atomic E-state index is 11.9. The molecule has 0 radical (unpaired) electrons. The van der Waals surface area contributed by atoms with Crippen molar-refractivity contribution in [2.75, 3.05) is 46.3 Å². The Balaban J connectivity index is 1.55. The summed E-state index contributed by atoms with van der Waals surface area (Å²) in [6.07, 6.45) is 1.61. The van der Waals surface area contributed by atoms with Crippen LogP contribution in [0.15, 0.2) is 0 Å². The summed E-state index contributed by atoms with van der Waals surface area (Å²) in [7, 11) is 1.83. The molecule has 4 heteroatoms. The minimum atomic E-state index is 0.211. The maximum absolute atomic E-state index is 11.9. The van der Waals surface area contributed by atoms with Gasteiger partial charge >= 0.3 is 0 Å². The first-order valence-electron chi connectivity index (χ1n) is 8.06. The van der Waals surface area contributed by atoms with Gasteiger partial charge in [-0.1, -0.05) is 5.92 Å². The van der Waals surface area contributed by atoms with Crippen LogP contribution in [0.5, 0.6) is 0 Å². The minimum absolute atomic E-state index is 0.211. The Morgan fingerprint density at radius 3 is 2.52 bits per heavy atom. The second kappa shape index (κ2) is 6.81. The van der Waals surface area contributed by atoms with Gasteiger partial charge in [-0.15, -0.1) is 5.92 Å². The molecule has 0 aromatic heterocycles. The van der Waals surface area contributed by atoms with Crippen molar-refractivity contribution in [1.29, 1.82) is 0 Å². The molecule has 2 heterocycles. The van der Waals surface area contributed by atoms with Crippen LogP contribution in [-0.4, -0.2) is 73.0 Å². The summed E-state index contributed by atoms with van der Waals surface area (Å²) in [4.78, 5) is 18.6. The molecular weight excluding hydrogens is 262 g/mol. The van der Waals surface area contributed by atoms with Crippen LogP contribution in [0.3, 0.4) is 0 Å². The van der Waals surface area contributed by atoms with Crippen LogP contribution in [-0.2, 0) is 4.79 Å². The molecule has 0 aromatic carbocycles. The van der Waals surface area contributed by atoms with Gasteiger partial charge in [0.2, 0.25) is 5.91 Å². The maximum Gasteiger partial charge on any atom is 0.223 e. The predicted molar refractivity (Wildman–Crippen MR) is 85.9 cm³/mol. The molecule has 0 saturated carbocycles. The number of hydrogen-bond donors (Lipinski definition) is 0. The van der Waals surface area contributed by atoms with Gasteiger partial charge in [-0.05, 0) is 33.7 Å². The van der Waals surface area contributed by atoms with Crippen LogP contribution in [0.1, 0.15) is 33.6 Å². The van der Waals surface area contributed by atoms with Gasteiger partial charge in [0.15, 0.2) is 0 Å². The van der Waals surface area contributed by atoms with Crippen LogP contribution >= 0.6 is 0 Å². The average molecular weight is 291 g/mol. The summed E-state index contributed by atoms with van der Waals surface area (Å²) in [6.45, 7) is 12.9. The second-order valence-corrected chi connectivity index (χ2v) is 6.99. The molecule has 2 aliphatic rings. The fourth-order valence-corrected chi connectivity index (χ4v) is 3.37. The van der Waals surface area contributed by atoms with E-state index in [2.05, 4.69) is 35.5 Å². The van der Waals surface area contributed by atoms with Crippen LogP contribution in [0.25, 0.3) is 0 Å². The topological polar surface area (TPSA) is 26.8 Å². The number of amides is 1. The Morgan fingerprint density at radius 2 is 1.95 bits per heavy atom. The smallest absolute Gasteiger partial charge is 0.223 e. The van der Waals surface area contributed by atoms with E-state index in [1.54, 1.807) is 11.8 Å². The lowest BCUT2D eigenvalue weighted by Gasteiger charge is -2.61. The molecule has 1 spiro atoms. The molecule has 0 aromatic rings. The molecular formula is C17H29N3O. The summed E-state index contributed by atoms with van der Waals surface area (Å²) in [6, 6.07) is 0.684. The van der Waals surface area contributed by atoms with E-state index in [0.29, 0.717) is 24.4 Å². The van der Waals surface area contributed by atoms with Crippen molar-refractivity contribution >= 4 is 5.91 Å². The molecule has 2 aliphatic heterocycles. The van der Waals surface area contributed by atoms with Crippen molar-refractivity contribution in [2.24, 2.45) is 5.41 Å². The van der Waals surface area contributed by atoms with Gasteiger partial charge in [0.05, 0.1) is 6.54 Å². The van der Waals surface area contributed by atoms with Crippen molar-refractivity contribution in [3.8, 4) is 11.8 Å². The van der Waals surface area contributed by atoms with Gasteiger partial charge in [-0.25, -0.2) is 0 Å². The van der Waals surface area contributed by atoms with E-state index >= 15 is 0 Å². The van der Waals surface area contributed by atoms with Crippen LogP contribution in [0, 0.1) is 17.3 Å². The molecule has 4 nitrogen and oxygen atoms in total. The SMILES string of the molecule is CC#CCN(C)C(=O)CCCN1CC2(C1)CN(C(C)C)C2. The first-order valence-corrected chi connectivity index (χ1v) is 8.06. The highest BCUT2D eigenvalue weighted by molar-refractivity contribution is 5.76. The molecule has 0 N–H and O–H groups in total. The van der Waals surface area contributed by atoms with Gasteiger partial charge in [0.1, 0.15) is 0 Å². The summed E-state index contributed by atoms with van der Waals surface area (Å²) in [5.74, 6) is 5.96. The Labute approximate surface area is 129 Å². The largest absolute Gasteiger partial charge is 0.335 e. The highest BCUT2D eigenvalue weighted by Gasteiger charge is 2.51. The lowest BCUT2D eigenvalue weighted by atomic mass is 9.72. The van der Waals surface area contributed by atoms with Crippen molar-refractivity contribution in [3.63, 3.8) is 0 Å².